The second kappa shape index (κ2) is 11.4. The molecule has 160 valence electrons. The Bertz CT molecular complexity index is 923. The molecule has 3 N–H and O–H groups in total. The Balaban J connectivity index is 0.00000160. The summed E-state index contributed by atoms with van der Waals surface area (Å²) in [5, 5.41) is 5.93. The van der Waals surface area contributed by atoms with E-state index in [-0.39, 0.29) is 36.8 Å². The fourth-order valence-electron chi connectivity index (χ4n) is 3.67. The molecule has 1 saturated heterocycles. The lowest BCUT2D eigenvalue weighted by Gasteiger charge is -2.15. The van der Waals surface area contributed by atoms with Gasteiger partial charge in [-0.1, -0.05) is 48.5 Å². The smallest absolute Gasteiger partial charge is 0.251 e. The molecule has 0 saturated carbocycles. The van der Waals surface area contributed by atoms with Crippen molar-refractivity contribution in [3.05, 3.63) is 87.9 Å². The Kier molecular flexibility index (Phi) is 9.27. The fraction of sp³-hybridized carbons (Fsp3) is 0.273. The van der Waals surface area contributed by atoms with Gasteiger partial charge >= 0.3 is 0 Å². The van der Waals surface area contributed by atoms with Gasteiger partial charge in [0.05, 0.1) is 12.2 Å². The highest BCUT2D eigenvalue weighted by atomic mass is 35.5. The van der Waals surface area contributed by atoms with Crippen molar-refractivity contribution in [1.29, 1.82) is 0 Å². The number of rotatable bonds is 6. The molecule has 0 spiro atoms. The molecule has 1 aliphatic rings. The highest BCUT2D eigenvalue weighted by Gasteiger charge is 2.31. The molecular formula is C22H26Cl2N4OS. The van der Waals surface area contributed by atoms with E-state index < -0.39 is 0 Å². The van der Waals surface area contributed by atoms with Gasteiger partial charge in [-0.2, -0.15) is 0 Å². The Hall–Kier alpha value is -1.96. The molecule has 1 amide bonds. The number of thiazole rings is 1. The van der Waals surface area contributed by atoms with Crippen LogP contribution in [-0.4, -0.2) is 34.9 Å². The average molecular weight is 465 g/mol. The van der Waals surface area contributed by atoms with Crippen LogP contribution in [0.3, 0.4) is 0 Å². The predicted octanol–water partition coefficient (Wildman–Crippen LogP) is 3.84. The molecule has 4 rings (SSSR count). The van der Waals surface area contributed by atoms with Gasteiger partial charge in [0.1, 0.15) is 5.01 Å². The third-order valence-corrected chi connectivity index (χ3v) is 5.99. The molecule has 1 fully saturated rings. The first-order valence-electron chi connectivity index (χ1n) is 9.48. The number of likely N-dealkylation sites (tertiary alicyclic amines) is 1. The number of carbonyl (C=O) groups excluding carboxylic acids is 1. The van der Waals surface area contributed by atoms with Crippen molar-refractivity contribution >= 4 is 42.1 Å². The van der Waals surface area contributed by atoms with E-state index in [1.165, 1.54) is 5.56 Å². The van der Waals surface area contributed by atoms with Crippen LogP contribution < -0.4 is 11.1 Å². The summed E-state index contributed by atoms with van der Waals surface area (Å²) in [4.78, 5) is 19.2. The maximum atomic E-state index is 12.2. The lowest BCUT2D eigenvalue weighted by molar-refractivity contribution is 0.0951. The number of nitrogens with two attached hydrogens (primary N) is 1. The van der Waals surface area contributed by atoms with E-state index in [1.54, 1.807) is 11.3 Å². The SMILES string of the molecule is Cl.Cl.N[C@@H]1CN(Cc2csc(CNC(=O)c3ccccc3)n2)C[C@H]1c1ccccc1. The first-order chi connectivity index (χ1) is 13.7. The van der Waals surface area contributed by atoms with E-state index in [0.717, 1.165) is 30.3 Å². The van der Waals surface area contributed by atoms with Crippen molar-refractivity contribution in [3.8, 4) is 0 Å². The van der Waals surface area contributed by atoms with Crippen molar-refractivity contribution in [2.75, 3.05) is 13.1 Å². The molecule has 3 aromatic rings. The summed E-state index contributed by atoms with van der Waals surface area (Å²) in [5.74, 6) is 0.290. The van der Waals surface area contributed by atoms with Crippen molar-refractivity contribution in [1.82, 2.24) is 15.2 Å². The van der Waals surface area contributed by atoms with E-state index in [1.807, 2.05) is 36.4 Å². The van der Waals surface area contributed by atoms with Gasteiger partial charge in [-0.05, 0) is 17.7 Å². The lowest BCUT2D eigenvalue weighted by atomic mass is 9.95. The van der Waals surface area contributed by atoms with Crippen LogP contribution in [0.2, 0.25) is 0 Å². The number of nitrogens with one attached hydrogen (secondary N) is 1. The normalized spacial score (nSPS) is 18.3. The van der Waals surface area contributed by atoms with Crippen LogP contribution in [0, 0.1) is 0 Å². The number of hydrogen-bond donors (Lipinski definition) is 2. The molecule has 30 heavy (non-hydrogen) atoms. The molecule has 2 atom stereocenters. The molecule has 2 aromatic carbocycles. The predicted molar refractivity (Wildman–Crippen MR) is 127 cm³/mol. The third kappa shape index (κ3) is 6.03. The quantitative estimate of drug-likeness (QED) is 0.580. The summed E-state index contributed by atoms with van der Waals surface area (Å²) in [5.41, 5.74) is 9.40. The van der Waals surface area contributed by atoms with Crippen LogP contribution in [0.1, 0.15) is 32.5 Å². The first-order valence-corrected chi connectivity index (χ1v) is 10.4. The number of benzene rings is 2. The van der Waals surface area contributed by atoms with Gasteiger partial charge < -0.3 is 11.1 Å². The van der Waals surface area contributed by atoms with E-state index in [2.05, 4.69) is 44.8 Å². The molecule has 8 heteroatoms. The highest BCUT2D eigenvalue weighted by molar-refractivity contribution is 7.09. The molecule has 0 aliphatic carbocycles. The largest absolute Gasteiger partial charge is 0.346 e. The van der Waals surface area contributed by atoms with E-state index in [0.29, 0.717) is 18.0 Å². The zero-order chi connectivity index (χ0) is 19.3. The highest BCUT2D eigenvalue weighted by Crippen LogP contribution is 2.27. The average Bonchev–Trinajstić information content (AvgIpc) is 3.33. The van der Waals surface area contributed by atoms with Crippen LogP contribution in [-0.2, 0) is 13.1 Å². The number of aromatic nitrogens is 1. The molecular weight excluding hydrogens is 439 g/mol. The van der Waals surface area contributed by atoms with E-state index >= 15 is 0 Å². The van der Waals surface area contributed by atoms with Gasteiger partial charge in [-0.3, -0.25) is 9.69 Å². The topological polar surface area (TPSA) is 71.2 Å². The summed E-state index contributed by atoms with van der Waals surface area (Å²) in [6.07, 6.45) is 0. The van der Waals surface area contributed by atoms with Gasteiger partial charge in [0.2, 0.25) is 0 Å². The second-order valence-corrected chi connectivity index (χ2v) is 8.10. The molecule has 0 unspecified atom stereocenters. The molecule has 1 aromatic heterocycles. The summed E-state index contributed by atoms with van der Waals surface area (Å²) in [6.45, 7) is 3.06. The zero-order valence-corrected chi connectivity index (χ0v) is 18.9. The monoisotopic (exact) mass is 464 g/mol. The molecule has 0 bridgehead atoms. The van der Waals surface area contributed by atoms with Crippen LogP contribution >= 0.6 is 36.2 Å². The van der Waals surface area contributed by atoms with Crippen LogP contribution in [0.4, 0.5) is 0 Å². The Morgan fingerprint density at radius 1 is 1.07 bits per heavy atom. The Morgan fingerprint density at radius 2 is 1.73 bits per heavy atom. The summed E-state index contributed by atoms with van der Waals surface area (Å²) < 4.78 is 0. The zero-order valence-electron chi connectivity index (χ0n) is 16.4. The molecule has 1 aliphatic heterocycles. The minimum Gasteiger partial charge on any atom is -0.346 e. The summed E-state index contributed by atoms with van der Waals surface area (Å²) >= 11 is 1.58. The van der Waals surface area contributed by atoms with Gasteiger partial charge in [0.15, 0.2) is 0 Å². The molecule has 2 heterocycles. The van der Waals surface area contributed by atoms with Gasteiger partial charge in [0.25, 0.3) is 5.91 Å². The van der Waals surface area contributed by atoms with Crippen LogP contribution in [0.25, 0.3) is 0 Å². The van der Waals surface area contributed by atoms with Crippen molar-refractivity contribution in [2.45, 2.75) is 25.0 Å². The fourth-order valence-corrected chi connectivity index (χ4v) is 4.40. The summed E-state index contributed by atoms with van der Waals surface area (Å²) in [6, 6.07) is 19.9. The lowest BCUT2D eigenvalue weighted by Crippen LogP contribution is -2.28. The molecule has 0 radical (unpaired) electrons. The number of amides is 1. The minimum atomic E-state index is -0.0754. The van der Waals surface area contributed by atoms with Gasteiger partial charge in [-0.15, -0.1) is 36.2 Å². The third-order valence-electron chi connectivity index (χ3n) is 5.09. The Labute approximate surface area is 193 Å². The standard InChI is InChI=1S/C22H24N4OS.2ClH/c23-20-14-26(13-19(20)16-7-3-1-4-8-16)12-18-15-28-21(25-18)11-24-22(27)17-9-5-2-6-10-17;;/h1-10,15,19-20H,11-14,23H2,(H,24,27);2*1H/t19-,20+;;/m0../s1. The van der Waals surface area contributed by atoms with Crippen LogP contribution in [0.15, 0.2) is 66.0 Å². The van der Waals surface area contributed by atoms with E-state index in [9.17, 15) is 4.79 Å². The second-order valence-electron chi connectivity index (χ2n) is 7.16. The maximum absolute atomic E-state index is 12.2. The van der Waals surface area contributed by atoms with Crippen molar-refractivity contribution < 1.29 is 4.79 Å². The molecule has 5 nitrogen and oxygen atoms in total. The first kappa shape index (κ1) is 24.3. The number of hydrogen-bond acceptors (Lipinski definition) is 5. The summed E-state index contributed by atoms with van der Waals surface area (Å²) in [7, 11) is 0. The van der Waals surface area contributed by atoms with Gasteiger partial charge in [-0.25, -0.2) is 4.98 Å². The van der Waals surface area contributed by atoms with Crippen molar-refractivity contribution in [3.63, 3.8) is 0 Å². The number of halogens is 2. The van der Waals surface area contributed by atoms with Crippen LogP contribution in [0.5, 0.6) is 0 Å². The minimum absolute atomic E-state index is 0. The van der Waals surface area contributed by atoms with Crippen molar-refractivity contribution in [2.24, 2.45) is 5.73 Å². The maximum Gasteiger partial charge on any atom is 0.251 e. The number of nitrogens with zero attached hydrogens (tertiary/aromatic N) is 2. The number of carbonyl (C=O) groups is 1. The van der Waals surface area contributed by atoms with Gasteiger partial charge in [0, 0.05) is 42.5 Å². The van der Waals surface area contributed by atoms with E-state index in [4.69, 9.17) is 5.73 Å². The Morgan fingerprint density at radius 3 is 2.43 bits per heavy atom.